The van der Waals surface area contributed by atoms with E-state index in [9.17, 15) is 18.0 Å². The number of hydrogen-bond acceptors (Lipinski definition) is 4. The first-order valence-corrected chi connectivity index (χ1v) is 9.21. The Morgan fingerprint density at radius 1 is 1.15 bits per heavy atom. The molecule has 0 bridgehead atoms. The standard InChI is InChI=1S/C14H23NO4S/c1-11(16)9-13-5-3-2-4-7-15(13)14(17)12-6-8-20(18,19)10-12/h12-13H,2-10H2,1H3. The summed E-state index contributed by atoms with van der Waals surface area (Å²) >= 11 is 0. The lowest BCUT2D eigenvalue weighted by Gasteiger charge is -2.31. The average molecular weight is 301 g/mol. The first kappa shape index (κ1) is 15.5. The fraction of sp³-hybridized carbons (Fsp3) is 0.857. The van der Waals surface area contributed by atoms with Gasteiger partial charge in [0.2, 0.25) is 5.91 Å². The van der Waals surface area contributed by atoms with Crippen LogP contribution in [0.2, 0.25) is 0 Å². The van der Waals surface area contributed by atoms with Gasteiger partial charge in [-0.3, -0.25) is 9.59 Å². The second-order valence-electron chi connectivity index (χ2n) is 6.04. The van der Waals surface area contributed by atoms with Gasteiger partial charge in [-0.15, -0.1) is 0 Å². The van der Waals surface area contributed by atoms with Crippen LogP contribution in [0.5, 0.6) is 0 Å². The van der Waals surface area contributed by atoms with Crippen LogP contribution in [0, 0.1) is 5.92 Å². The molecule has 0 aromatic heterocycles. The van der Waals surface area contributed by atoms with E-state index >= 15 is 0 Å². The minimum Gasteiger partial charge on any atom is -0.339 e. The second kappa shape index (κ2) is 6.24. The van der Waals surface area contributed by atoms with E-state index in [-0.39, 0.29) is 29.2 Å². The van der Waals surface area contributed by atoms with Gasteiger partial charge < -0.3 is 4.90 Å². The third-order valence-corrected chi connectivity index (χ3v) is 6.03. The summed E-state index contributed by atoms with van der Waals surface area (Å²) in [7, 11) is -3.04. The summed E-state index contributed by atoms with van der Waals surface area (Å²) in [6.07, 6.45) is 4.73. The Kier molecular flexibility index (Phi) is 4.83. The van der Waals surface area contributed by atoms with E-state index in [4.69, 9.17) is 0 Å². The Morgan fingerprint density at radius 2 is 1.90 bits per heavy atom. The lowest BCUT2D eigenvalue weighted by molar-refractivity contribution is -0.137. The van der Waals surface area contributed by atoms with Crippen molar-refractivity contribution in [2.45, 2.75) is 51.5 Å². The van der Waals surface area contributed by atoms with Gasteiger partial charge in [-0.25, -0.2) is 8.42 Å². The van der Waals surface area contributed by atoms with Gasteiger partial charge in [0, 0.05) is 19.0 Å². The maximum absolute atomic E-state index is 12.6. The Labute approximate surface area is 120 Å². The van der Waals surface area contributed by atoms with Gasteiger partial charge in [-0.1, -0.05) is 12.8 Å². The van der Waals surface area contributed by atoms with Gasteiger partial charge >= 0.3 is 0 Å². The van der Waals surface area contributed by atoms with Crippen LogP contribution in [0.3, 0.4) is 0 Å². The predicted octanol–water partition coefficient (Wildman–Crippen LogP) is 1.17. The second-order valence-corrected chi connectivity index (χ2v) is 8.27. The van der Waals surface area contributed by atoms with Crippen LogP contribution in [0.1, 0.15) is 45.4 Å². The number of rotatable bonds is 3. The molecular formula is C14H23NO4S. The third-order valence-electron chi connectivity index (χ3n) is 4.26. The topological polar surface area (TPSA) is 71.5 Å². The molecule has 0 radical (unpaired) electrons. The highest BCUT2D eigenvalue weighted by Crippen LogP contribution is 2.26. The number of Topliss-reactive ketones (excluding diaryl/α,β-unsaturated/α-hetero) is 1. The number of sulfone groups is 1. The van der Waals surface area contributed by atoms with Crippen molar-refractivity contribution < 1.29 is 18.0 Å². The maximum atomic E-state index is 12.6. The number of amides is 1. The smallest absolute Gasteiger partial charge is 0.227 e. The third kappa shape index (κ3) is 3.81. The fourth-order valence-electron chi connectivity index (χ4n) is 3.24. The molecule has 114 valence electrons. The normalized spacial score (nSPS) is 29.9. The summed E-state index contributed by atoms with van der Waals surface area (Å²) in [6, 6.07) is -0.0363. The highest BCUT2D eigenvalue weighted by Gasteiger charge is 2.37. The van der Waals surface area contributed by atoms with Crippen LogP contribution in [0.25, 0.3) is 0 Å². The van der Waals surface area contributed by atoms with Crippen LogP contribution < -0.4 is 0 Å². The molecule has 0 spiro atoms. The molecule has 0 aromatic carbocycles. The molecule has 0 N–H and O–H groups in total. The molecule has 0 aliphatic carbocycles. The molecule has 2 atom stereocenters. The van der Waals surface area contributed by atoms with Crippen LogP contribution >= 0.6 is 0 Å². The Balaban J connectivity index is 2.09. The van der Waals surface area contributed by atoms with E-state index in [2.05, 4.69) is 0 Å². The van der Waals surface area contributed by atoms with Crippen molar-refractivity contribution in [3.05, 3.63) is 0 Å². The van der Waals surface area contributed by atoms with Crippen LogP contribution in [0.15, 0.2) is 0 Å². The lowest BCUT2D eigenvalue weighted by Crippen LogP contribution is -2.44. The molecule has 2 unspecified atom stereocenters. The lowest BCUT2D eigenvalue weighted by atomic mass is 10.0. The number of likely N-dealkylation sites (tertiary alicyclic amines) is 1. The Bertz CT molecular complexity index is 485. The van der Waals surface area contributed by atoms with Crippen LogP contribution in [0.4, 0.5) is 0 Å². The highest BCUT2D eigenvalue weighted by molar-refractivity contribution is 7.91. The number of hydrogen-bond donors (Lipinski definition) is 0. The highest BCUT2D eigenvalue weighted by atomic mass is 32.2. The molecule has 2 aliphatic heterocycles. The molecule has 5 nitrogen and oxygen atoms in total. The van der Waals surface area contributed by atoms with Gasteiger partial charge in [0.1, 0.15) is 5.78 Å². The van der Waals surface area contributed by atoms with Crippen molar-refractivity contribution in [1.29, 1.82) is 0 Å². The zero-order valence-electron chi connectivity index (χ0n) is 12.0. The minimum absolute atomic E-state index is 0.0187. The summed E-state index contributed by atoms with van der Waals surface area (Å²) in [4.78, 5) is 25.8. The summed E-state index contributed by atoms with van der Waals surface area (Å²) < 4.78 is 23.1. The molecular weight excluding hydrogens is 278 g/mol. The zero-order valence-corrected chi connectivity index (χ0v) is 12.8. The molecule has 6 heteroatoms. The Hall–Kier alpha value is -0.910. The van der Waals surface area contributed by atoms with E-state index < -0.39 is 15.8 Å². The van der Waals surface area contributed by atoms with Crippen molar-refractivity contribution in [2.24, 2.45) is 5.92 Å². The van der Waals surface area contributed by atoms with Crippen LogP contribution in [-0.4, -0.2) is 49.1 Å². The maximum Gasteiger partial charge on any atom is 0.227 e. The number of ketones is 1. The van der Waals surface area contributed by atoms with Gasteiger partial charge in [0.25, 0.3) is 0 Å². The van der Waals surface area contributed by atoms with Gasteiger partial charge in [0.15, 0.2) is 9.84 Å². The molecule has 2 rings (SSSR count). The zero-order chi connectivity index (χ0) is 14.8. The molecule has 2 saturated heterocycles. The first-order valence-electron chi connectivity index (χ1n) is 7.39. The van der Waals surface area contributed by atoms with E-state index in [1.807, 2.05) is 0 Å². The van der Waals surface area contributed by atoms with E-state index in [1.165, 1.54) is 0 Å². The molecule has 0 saturated carbocycles. The molecule has 2 aliphatic rings. The minimum atomic E-state index is -3.04. The van der Waals surface area contributed by atoms with Crippen molar-refractivity contribution in [2.75, 3.05) is 18.1 Å². The van der Waals surface area contributed by atoms with E-state index in [0.717, 1.165) is 25.7 Å². The van der Waals surface area contributed by atoms with Crippen molar-refractivity contribution >= 4 is 21.5 Å². The van der Waals surface area contributed by atoms with E-state index in [1.54, 1.807) is 11.8 Å². The quantitative estimate of drug-likeness (QED) is 0.784. The summed E-state index contributed by atoms with van der Waals surface area (Å²) in [6.45, 7) is 2.21. The van der Waals surface area contributed by atoms with Gasteiger partial charge in [-0.2, -0.15) is 0 Å². The first-order chi connectivity index (χ1) is 9.39. The summed E-state index contributed by atoms with van der Waals surface area (Å²) in [5.41, 5.74) is 0. The van der Waals surface area contributed by atoms with Gasteiger partial charge in [0.05, 0.1) is 17.4 Å². The summed E-state index contributed by atoms with van der Waals surface area (Å²) in [5, 5.41) is 0. The number of carbonyl (C=O) groups is 2. The number of nitrogens with zero attached hydrogens (tertiary/aromatic N) is 1. The largest absolute Gasteiger partial charge is 0.339 e. The molecule has 2 heterocycles. The van der Waals surface area contributed by atoms with Crippen LogP contribution in [-0.2, 0) is 19.4 Å². The SMILES string of the molecule is CC(=O)CC1CCCCCN1C(=O)C1CCS(=O)(=O)C1. The van der Waals surface area contributed by atoms with E-state index in [0.29, 0.717) is 19.4 Å². The van der Waals surface area contributed by atoms with Crippen molar-refractivity contribution in [3.8, 4) is 0 Å². The van der Waals surface area contributed by atoms with Gasteiger partial charge in [-0.05, 0) is 26.2 Å². The number of carbonyl (C=O) groups excluding carboxylic acids is 2. The fourth-order valence-corrected chi connectivity index (χ4v) is 4.97. The molecule has 0 aromatic rings. The summed E-state index contributed by atoms with van der Waals surface area (Å²) in [5.74, 6) is -0.260. The Morgan fingerprint density at radius 3 is 2.50 bits per heavy atom. The molecule has 2 fully saturated rings. The van der Waals surface area contributed by atoms with Crippen molar-refractivity contribution in [3.63, 3.8) is 0 Å². The molecule has 20 heavy (non-hydrogen) atoms. The van der Waals surface area contributed by atoms with Crippen molar-refractivity contribution in [1.82, 2.24) is 4.90 Å². The average Bonchev–Trinajstić information content (AvgIpc) is 2.58. The monoisotopic (exact) mass is 301 g/mol. The molecule has 1 amide bonds. The predicted molar refractivity (Wildman–Crippen MR) is 76.0 cm³/mol.